The zero-order valence-corrected chi connectivity index (χ0v) is 11.1. The first-order valence-electron chi connectivity index (χ1n) is 6.09. The molecule has 0 saturated carbocycles. The summed E-state index contributed by atoms with van der Waals surface area (Å²) < 4.78 is 1.55. The zero-order chi connectivity index (χ0) is 13.8. The number of nitrogens with two attached hydrogens (primary N) is 1. The molecule has 0 fully saturated rings. The fourth-order valence-corrected chi connectivity index (χ4v) is 1.66. The van der Waals surface area contributed by atoms with Gasteiger partial charge in [0.1, 0.15) is 0 Å². The van der Waals surface area contributed by atoms with Crippen molar-refractivity contribution in [2.45, 2.75) is 20.4 Å². The minimum atomic E-state index is -0.272. The first kappa shape index (κ1) is 13.2. The van der Waals surface area contributed by atoms with Gasteiger partial charge in [-0.05, 0) is 37.1 Å². The van der Waals surface area contributed by atoms with E-state index in [2.05, 4.69) is 15.6 Å². The molecule has 0 atom stereocenters. The number of rotatable bonds is 4. The van der Waals surface area contributed by atoms with Gasteiger partial charge in [0.25, 0.3) is 5.91 Å². The van der Waals surface area contributed by atoms with Gasteiger partial charge in [-0.2, -0.15) is 0 Å². The second-order valence-corrected chi connectivity index (χ2v) is 4.41. The van der Waals surface area contributed by atoms with Crippen LogP contribution in [0.2, 0.25) is 0 Å². The lowest BCUT2D eigenvalue weighted by Crippen LogP contribution is -2.13. The number of nitrogens with one attached hydrogen (secondary N) is 1. The molecule has 1 aromatic heterocycles. The summed E-state index contributed by atoms with van der Waals surface area (Å²) in [6.45, 7) is 5.04. The normalized spacial score (nSPS) is 10.5. The van der Waals surface area contributed by atoms with Crippen LogP contribution in [-0.4, -0.2) is 27.4 Å². The lowest BCUT2D eigenvalue weighted by Gasteiger charge is -2.05. The van der Waals surface area contributed by atoms with E-state index in [0.717, 1.165) is 11.3 Å². The van der Waals surface area contributed by atoms with Crippen molar-refractivity contribution in [1.29, 1.82) is 0 Å². The molecule has 2 rings (SSSR count). The van der Waals surface area contributed by atoms with E-state index in [0.29, 0.717) is 13.1 Å². The van der Waals surface area contributed by atoms with Crippen LogP contribution in [0.4, 0.5) is 5.69 Å². The highest BCUT2D eigenvalue weighted by molar-refractivity contribution is 6.02. The van der Waals surface area contributed by atoms with Gasteiger partial charge in [-0.1, -0.05) is 11.3 Å². The molecule has 0 aliphatic heterocycles. The fraction of sp³-hybridized carbons (Fsp3) is 0.308. The summed E-state index contributed by atoms with van der Waals surface area (Å²) in [5.41, 5.74) is 8.76. The molecule has 100 valence electrons. The molecule has 1 heterocycles. The monoisotopic (exact) mass is 259 g/mol. The van der Waals surface area contributed by atoms with Crippen LogP contribution in [0.1, 0.15) is 21.6 Å². The molecule has 0 spiro atoms. The zero-order valence-electron chi connectivity index (χ0n) is 11.1. The minimum absolute atomic E-state index is 0.272. The van der Waals surface area contributed by atoms with E-state index >= 15 is 0 Å². The van der Waals surface area contributed by atoms with Gasteiger partial charge >= 0.3 is 0 Å². The molecule has 1 aromatic carbocycles. The number of carbonyl (C=O) groups is 1. The summed E-state index contributed by atoms with van der Waals surface area (Å²) >= 11 is 0. The van der Waals surface area contributed by atoms with E-state index in [1.165, 1.54) is 5.56 Å². The lowest BCUT2D eigenvalue weighted by atomic mass is 10.1. The van der Waals surface area contributed by atoms with Crippen LogP contribution in [0.15, 0.2) is 24.4 Å². The van der Waals surface area contributed by atoms with E-state index in [1.54, 1.807) is 10.9 Å². The Bertz CT molecular complexity index is 590. The molecule has 0 bridgehead atoms. The Morgan fingerprint density at radius 1 is 1.37 bits per heavy atom. The Morgan fingerprint density at radius 3 is 2.84 bits per heavy atom. The molecule has 0 aliphatic rings. The van der Waals surface area contributed by atoms with Crippen molar-refractivity contribution in [2.24, 2.45) is 5.73 Å². The number of nitrogens with zero attached hydrogens (tertiary/aromatic N) is 3. The van der Waals surface area contributed by atoms with Gasteiger partial charge in [-0.25, -0.2) is 0 Å². The van der Waals surface area contributed by atoms with Crippen molar-refractivity contribution < 1.29 is 4.79 Å². The SMILES string of the molecule is Cc1ccc(NC(=O)c2cn(CCN)nn2)cc1C. The van der Waals surface area contributed by atoms with E-state index in [-0.39, 0.29) is 11.6 Å². The number of aryl methyl sites for hydroxylation is 2. The molecule has 3 N–H and O–H groups in total. The van der Waals surface area contributed by atoms with Crippen LogP contribution in [0.25, 0.3) is 0 Å². The number of benzene rings is 1. The Hall–Kier alpha value is -2.21. The molecule has 0 aliphatic carbocycles. The molecule has 2 aromatic rings. The second-order valence-electron chi connectivity index (χ2n) is 4.41. The highest BCUT2D eigenvalue weighted by Gasteiger charge is 2.11. The Labute approximate surface area is 111 Å². The van der Waals surface area contributed by atoms with Crippen LogP contribution in [0, 0.1) is 13.8 Å². The third-order valence-corrected chi connectivity index (χ3v) is 2.89. The summed E-state index contributed by atoms with van der Waals surface area (Å²) in [5, 5.41) is 10.4. The van der Waals surface area contributed by atoms with Gasteiger partial charge in [0.15, 0.2) is 5.69 Å². The van der Waals surface area contributed by atoms with Gasteiger partial charge < -0.3 is 11.1 Å². The van der Waals surface area contributed by atoms with Crippen molar-refractivity contribution in [3.8, 4) is 0 Å². The van der Waals surface area contributed by atoms with Gasteiger partial charge in [0, 0.05) is 12.2 Å². The molecular weight excluding hydrogens is 242 g/mol. The largest absolute Gasteiger partial charge is 0.329 e. The highest BCUT2D eigenvalue weighted by atomic mass is 16.2. The lowest BCUT2D eigenvalue weighted by molar-refractivity contribution is 0.102. The number of hydrogen-bond donors (Lipinski definition) is 2. The third kappa shape index (κ3) is 3.17. The van der Waals surface area contributed by atoms with E-state index < -0.39 is 0 Å². The van der Waals surface area contributed by atoms with Crippen LogP contribution >= 0.6 is 0 Å². The maximum absolute atomic E-state index is 12.0. The first-order chi connectivity index (χ1) is 9.10. The average molecular weight is 259 g/mol. The van der Waals surface area contributed by atoms with Crippen LogP contribution in [-0.2, 0) is 6.54 Å². The summed E-state index contributed by atoms with van der Waals surface area (Å²) in [4.78, 5) is 12.0. The van der Waals surface area contributed by atoms with Crippen LogP contribution in [0.3, 0.4) is 0 Å². The van der Waals surface area contributed by atoms with E-state index in [1.807, 2.05) is 32.0 Å². The number of amides is 1. The maximum Gasteiger partial charge on any atom is 0.277 e. The number of hydrogen-bond acceptors (Lipinski definition) is 4. The van der Waals surface area contributed by atoms with Gasteiger partial charge in [-0.15, -0.1) is 5.10 Å². The summed E-state index contributed by atoms with van der Waals surface area (Å²) in [5.74, 6) is -0.272. The summed E-state index contributed by atoms with van der Waals surface area (Å²) in [7, 11) is 0. The highest BCUT2D eigenvalue weighted by Crippen LogP contribution is 2.14. The first-order valence-corrected chi connectivity index (χ1v) is 6.09. The van der Waals surface area contributed by atoms with E-state index in [4.69, 9.17) is 5.73 Å². The number of aromatic nitrogens is 3. The standard InChI is InChI=1S/C13H17N5O/c1-9-3-4-11(7-10(9)2)15-13(19)12-8-18(6-5-14)17-16-12/h3-4,7-8H,5-6,14H2,1-2H3,(H,15,19). The summed E-state index contributed by atoms with van der Waals surface area (Å²) in [6.07, 6.45) is 1.59. The average Bonchev–Trinajstić information content (AvgIpc) is 2.83. The fourth-order valence-electron chi connectivity index (χ4n) is 1.66. The van der Waals surface area contributed by atoms with Crippen molar-refractivity contribution >= 4 is 11.6 Å². The third-order valence-electron chi connectivity index (χ3n) is 2.89. The Kier molecular flexibility index (Phi) is 3.91. The number of carbonyl (C=O) groups excluding carboxylic acids is 1. The maximum atomic E-state index is 12.0. The summed E-state index contributed by atoms with van der Waals surface area (Å²) in [6, 6.07) is 5.76. The van der Waals surface area contributed by atoms with Crippen molar-refractivity contribution in [2.75, 3.05) is 11.9 Å². The molecule has 19 heavy (non-hydrogen) atoms. The molecule has 1 amide bonds. The van der Waals surface area contributed by atoms with Crippen molar-refractivity contribution in [3.63, 3.8) is 0 Å². The molecule has 0 unspecified atom stereocenters. The van der Waals surface area contributed by atoms with Crippen molar-refractivity contribution in [1.82, 2.24) is 15.0 Å². The van der Waals surface area contributed by atoms with Crippen molar-refractivity contribution in [3.05, 3.63) is 41.2 Å². The second kappa shape index (κ2) is 5.62. The Morgan fingerprint density at radius 2 is 2.16 bits per heavy atom. The molecular formula is C13H17N5O. The van der Waals surface area contributed by atoms with Crippen LogP contribution in [0.5, 0.6) is 0 Å². The molecule has 0 saturated heterocycles. The molecule has 6 nitrogen and oxygen atoms in total. The topological polar surface area (TPSA) is 85.8 Å². The van der Waals surface area contributed by atoms with Crippen LogP contribution < -0.4 is 11.1 Å². The molecule has 6 heteroatoms. The van der Waals surface area contributed by atoms with Gasteiger partial charge in [-0.3, -0.25) is 9.48 Å². The quantitative estimate of drug-likeness (QED) is 0.861. The van der Waals surface area contributed by atoms with Gasteiger partial charge in [0.2, 0.25) is 0 Å². The smallest absolute Gasteiger partial charge is 0.277 e. The predicted octanol–water partition coefficient (Wildman–Crippen LogP) is 1.11. The van der Waals surface area contributed by atoms with E-state index in [9.17, 15) is 4.79 Å². The Balaban J connectivity index is 2.09. The predicted molar refractivity (Wildman–Crippen MR) is 72.9 cm³/mol. The number of anilines is 1. The van der Waals surface area contributed by atoms with Gasteiger partial charge in [0.05, 0.1) is 12.7 Å². The minimum Gasteiger partial charge on any atom is -0.329 e. The molecule has 0 radical (unpaired) electrons.